The van der Waals surface area contributed by atoms with E-state index in [0.29, 0.717) is 48.8 Å². The molecule has 1 saturated heterocycles. The number of benzene rings is 2. The number of ether oxygens (including phenoxy) is 1. The molecule has 0 spiro atoms. The molecule has 2 N–H and O–H groups in total. The van der Waals surface area contributed by atoms with Crippen molar-refractivity contribution in [2.24, 2.45) is 0 Å². The summed E-state index contributed by atoms with van der Waals surface area (Å²) in [5.41, 5.74) is 2.32. The number of carbonyl (C=O) groups excluding carboxylic acids is 1. The van der Waals surface area contributed by atoms with Crippen molar-refractivity contribution in [2.75, 3.05) is 43.5 Å². The molecular weight excluding hydrogens is 430 g/mol. The Kier molecular flexibility index (Phi) is 6.22. The van der Waals surface area contributed by atoms with Crippen LogP contribution in [0, 0.1) is 0 Å². The molecular formula is C26H25N5O3. The van der Waals surface area contributed by atoms with Gasteiger partial charge in [0.05, 0.1) is 30.7 Å². The third-order valence-electron chi connectivity index (χ3n) is 5.74. The van der Waals surface area contributed by atoms with Crippen LogP contribution in [0.25, 0.3) is 16.6 Å². The highest BCUT2D eigenvalue weighted by atomic mass is 16.5. The molecule has 1 amide bonds. The number of rotatable bonds is 6. The number of carbonyl (C=O) groups is 1. The molecule has 172 valence electrons. The van der Waals surface area contributed by atoms with E-state index < -0.39 is 0 Å². The number of nitrogens with one attached hydrogen (secondary N) is 2. The molecule has 0 saturated carbocycles. The number of hydrogen-bond acceptors (Lipinski definition) is 6. The SMILES string of the molecule is O=C(CNc1cc2c(cn1)c(=O)cc(Nc1ccccc1)n2-c1ccccc1)N1CCOCC1. The highest BCUT2D eigenvalue weighted by molar-refractivity contribution is 5.86. The quantitative estimate of drug-likeness (QED) is 0.463. The van der Waals surface area contributed by atoms with Gasteiger partial charge < -0.3 is 20.3 Å². The Morgan fingerprint density at radius 3 is 2.41 bits per heavy atom. The number of hydrogen-bond donors (Lipinski definition) is 2. The summed E-state index contributed by atoms with van der Waals surface area (Å²) in [5, 5.41) is 6.98. The van der Waals surface area contributed by atoms with E-state index in [0.717, 1.165) is 11.4 Å². The van der Waals surface area contributed by atoms with E-state index in [9.17, 15) is 9.59 Å². The van der Waals surface area contributed by atoms with Gasteiger partial charge in [0, 0.05) is 42.8 Å². The average molecular weight is 456 g/mol. The van der Waals surface area contributed by atoms with Crippen molar-refractivity contribution in [2.45, 2.75) is 0 Å². The van der Waals surface area contributed by atoms with Gasteiger partial charge in [0.15, 0.2) is 5.43 Å². The minimum absolute atomic E-state index is 0.00913. The average Bonchev–Trinajstić information content (AvgIpc) is 2.89. The van der Waals surface area contributed by atoms with E-state index >= 15 is 0 Å². The van der Waals surface area contributed by atoms with Crippen LogP contribution in [0.15, 0.2) is 83.8 Å². The second kappa shape index (κ2) is 9.76. The molecule has 0 bridgehead atoms. The number of anilines is 3. The number of fused-ring (bicyclic) bond motifs is 1. The maximum absolute atomic E-state index is 13.0. The van der Waals surface area contributed by atoms with Gasteiger partial charge in [-0.25, -0.2) is 4.98 Å². The summed E-state index contributed by atoms with van der Waals surface area (Å²) in [4.78, 5) is 31.7. The molecule has 4 aromatic rings. The first kappa shape index (κ1) is 21.7. The van der Waals surface area contributed by atoms with E-state index in [-0.39, 0.29) is 17.9 Å². The van der Waals surface area contributed by atoms with Crippen molar-refractivity contribution in [1.82, 2.24) is 14.5 Å². The van der Waals surface area contributed by atoms with Gasteiger partial charge in [-0.2, -0.15) is 0 Å². The van der Waals surface area contributed by atoms with Crippen LogP contribution in [-0.2, 0) is 9.53 Å². The van der Waals surface area contributed by atoms with Crippen LogP contribution >= 0.6 is 0 Å². The number of amides is 1. The van der Waals surface area contributed by atoms with Gasteiger partial charge in [-0.3, -0.25) is 14.2 Å². The number of pyridine rings is 2. The van der Waals surface area contributed by atoms with Gasteiger partial charge >= 0.3 is 0 Å². The lowest BCUT2D eigenvalue weighted by atomic mass is 10.2. The van der Waals surface area contributed by atoms with Gasteiger partial charge in [0.2, 0.25) is 5.91 Å². The Balaban J connectivity index is 1.53. The van der Waals surface area contributed by atoms with Gasteiger partial charge in [0.25, 0.3) is 0 Å². The van der Waals surface area contributed by atoms with Crippen molar-refractivity contribution in [3.8, 4) is 5.69 Å². The van der Waals surface area contributed by atoms with Crippen LogP contribution in [0.2, 0.25) is 0 Å². The zero-order valence-electron chi connectivity index (χ0n) is 18.6. The van der Waals surface area contributed by atoms with Crippen molar-refractivity contribution in [1.29, 1.82) is 0 Å². The molecule has 0 radical (unpaired) electrons. The summed E-state index contributed by atoms with van der Waals surface area (Å²) in [6.07, 6.45) is 1.56. The van der Waals surface area contributed by atoms with E-state index in [2.05, 4.69) is 15.6 Å². The van der Waals surface area contributed by atoms with E-state index in [1.54, 1.807) is 17.2 Å². The molecule has 8 nitrogen and oxygen atoms in total. The molecule has 2 aromatic carbocycles. The Morgan fingerprint density at radius 1 is 0.971 bits per heavy atom. The standard InChI is InChI=1S/C26H25N5O3/c32-23-16-25(29-19-7-3-1-4-8-19)31(20-9-5-2-6-10-20)22-15-24(27-17-21(22)23)28-18-26(33)30-11-13-34-14-12-30/h1-10,15-17,29H,11-14,18H2,(H,27,28). The highest BCUT2D eigenvalue weighted by Gasteiger charge is 2.17. The number of para-hydroxylation sites is 2. The van der Waals surface area contributed by atoms with E-state index in [1.807, 2.05) is 71.3 Å². The topological polar surface area (TPSA) is 88.5 Å². The fourth-order valence-electron chi connectivity index (χ4n) is 4.02. The molecule has 0 aliphatic carbocycles. The third kappa shape index (κ3) is 4.62. The Labute approximate surface area is 196 Å². The molecule has 1 fully saturated rings. The predicted octanol–water partition coefficient (Wildman–Crippen LogP) is 3.40. The third-order valence-corrected chi connectivity index (χ3v) is 5.74. The van der Waals surface area contributed by atoms with Crippen LogP contribution in [-0.4, -0.2) is 53.2 Å². The molecule has 2 aromatic heterocycles. The lowest BCUT2D eigenvalue weighted by Gasteiger charge is -2.27. The summed E-state index contributed by atoms with van der Waals surface area (Å²) >= 11 is 0. The molecule has 8 heteroatoms. The summed E-state index contributed by atoms with van der Waals surface area (Å²) in [6, 6.07) is 22.9. The lowest BCUT2D eigenvalue weighted by Crippen LogP contribution is -2.43. The minimum atomic E-state index is -0.135. The van der Waals surface area contributed by atoms with Gasteiger partial charge in [-0.15, -0.1) is 0 Å². The van der Waals surface area contributed by atoms with Crippen LogP contribution in [0.1, 0.15) is 0 Å². The fraction of sp³-hybridized carbons (Fsp3) is 0.192. The summed E-state index contributed by atoms with van der Waals surface area (Å²) < 4.78 is 7.30. The maximum Gasteiger partial charge on any atom is 0.242 e. The molecule has 0 atom stereocenters. The molecule has 1 aliphatic heterocycles. The van der Waals surface area contributed by atoms with Gasteiger partial charge in [0.1, 0.15) is 11.6 Å². The first-order valence-corrected chi connectivity index (χ1v) is 11.2. The smallest absolute Gasteiger partial charge is 0.242 e. The number of nitrogens with zero attached hydrogens (tertiary/aromatic N) is 3. The van der Waals surface area contributed by atoms with E-state index in [4.69, 9.17) is 4.74 Å². The maximum atomic E-state index is 13.0. The summed E-state index contributed by atoms with van der Waals surface area (Å²) in [6.45, 7) is 2.42. The van der Waals surface area contributed by atoms with Gasteiger partial charge in [-0.05, 0) is 24.3 Å². The van der Waals surface area contributed by atoms with Crippen LogP contribution in [0.3, 0.4) is 0 Å². The largest absolute Gasteiger partial charge is 0.378 e. The normalized spacial score (nSPS) is 13.6. The Morgan fingerprint density at radius 2 is 1.68 bits per heavy atom. The molecule has 34 heavy (non-hydrogen) atoms. The van der Waals surface area contributed by atoms with Crippen LogP contribution < -0.4 is 16.1 Å². The monoisotopic (exact) mass is 455 g/mol. The Hall–Kier alpha value is -4.17. The minimum Gasteiger partial charge on any atom is -0.378 e. The lowest BCUT2D eigenvalue weighted by molar-refractivity contribution is -0.133. The molecule has 0 unspecified atom stereocenters. The fourth-order valence-corrected chi connectivity index (χ4v) is 4.02. The summed E-state index contributed by atoms with van der Waals surface area (Å²) in [5.74, 6) is 1.15. The summed E-state index contributed by atoms with van der Waals surface area (Å²) in [7, 11) is 0. The zero-order chi connectivity index (χ0) is 23.3. The molecule has 5 rings (SSSR count). The number of morpholine rings is 1. The first-order valence-electron chi connectivity index (χ1n) is 11.2. The van der Waals surface area contributed by atoms with Crippen molar-refractivity contribution in [3.05, 3.63) is 89.2 Å². The van der Waals surface area contributed by atoms with Gasteiger partial charge in [-0.1, -0.05) is 36.4 Å². The highest BCUT2D eigenvalue weighted by Crippen LogP contribution is 2.26. The number of aromatic nitrogens is 2. The first-order chi connectivity index (χ1) is 16.7. The van der Waals surface area contributed by atoms with Crippen LogP contribution in [0.5, 0.6) is 0 Å². The van der Waals surface area contributed by atoms with Crippen LogP contribution in [0.4, 0.5) is 17.3 Å². The molecule has 3 heterocycles. The predicted molar refractivity (Wildman–Crippen MR) is 133 cm³/mol. The van der Waals surface area contributed by atoms with Crippen molar-refractivity contribution < 1.29 is 9.53 Å². The molecule has 1 aliphatic rings. The zero-order valence-corrected chi connectivity index (χ0v) is 18.6. The Bertz CT molecular complexity index is 1350. The van der Waals surface area contributed by atoms with Crippen molar-refractivity contribution in [3.63, 3.8) is 0 Å². The second-order valence-corrected chi connectivity index (χ2v) is 7.99. The second-order valence-electron chi connectivity index (χ2n) is 7.99. The van der Waals surface area contributed by atoms with Crippen molar-refractivity contribution >= 4 is 34.1 Å². The van der Waals surface area contributed by atoms with E-state index in [1.165, 1.54) is 0 Å².